The molecule has 0 fully saturated rings. The van der Waals surface area contributed by atoms with Gasteiger partial charge in [-0.05, 0) is 26.0 Å². The highest BCUT2D eigenvalue weighted by molar-refractivity contribution is 6.01. The van der Waals surface area contributed by atoms with Gasteiger partial charge in [0.25, 0.3) is 0 Å². The van der Waals surface area contributed by atoms with Crippen molar-refractivity contribution in [3.63, 3.8) is 0 Å². The molecule has 7 heteroatoms. The van der Waals surface area contributed by atoms with Crippen LogP contribution in [0, 0.1) is 13.8 Å². The van der Waals surface area contributed by atoms with Crippen LogP contribution in [0.15, 0.2) is 22.7 Å². The molecule has 102 valence electrons. The Kier molecular flexibility index (Phi) is 2.74. The van der Waals surface area contributed by atoms with Gasteiger partial charge in [-0.15, -0.1) is 0 Å². The van der Waals surface area contributed by atoms with E-state index in [2.05, 4.69) is 15.1 Å². The molecule has 1 N–H and O–H groups in total. The van der Waals surface area contributed by atoms with Crippen LogP contribution in [-0.2, 0) is 6.54 Å². The molecule has 0 aliphatic carbocycles. The van der Waals surface area contributed by atoms with Crippen molar-refractivity contribution in [2.45, 2.75) is 20.4 Å². The summed E-state index contributed by atoms with van der Waals surface area (Å²) in [4.78, 5) is 19.7. The fourth-order valence-corrected chi connectivity index (χ4v) is 2.17. The highest BCUT2D eigenvalue weighted by atomic mass is 16.5. The highest BCUT2D eigenvalue weighted by Gasteiger charge is 2.16. The Bertz CT molecular complexity index is 803. The van der Waals surface area contributed by atoms with Crippen LogP contribution in [-0.4, -0.2) is 30.8 Å². The second-order valence-electron chi connectivity index (χ2n) is 4.46. The van der Waals surface area contributed by atoms with Crippen LogP contribution in [0.5, 0.6) is 0 Å². The summed E-state index contributed by atoms with van der Waals surface area (Å²) in [7, 11) is 0. The first kappa shape index (κ1) is 12.3. The third-order valence-corrected chi connectivity index (χ3v) is 3.06. The summed E-state index contributed by atoms with van der Waals surface area (Å²) >= 11 is 0. The van der Waals surface area contributed by atoms with Crippen molar-refractivity contribution in [3.8, 4) is 0 Å². The summed E-state index contributed by atoms with van der Waals surface area (Å²) in [6.45, 7) is 3.93. The molecular formula is C13H12N4O3. The number of para-hydroxylation sites is 1. The smallest absolute Gasteiger partial charge is 0.337 e. The molecule has 0 unspecified atom stereocenters. The van der Waals surface area contributed by atoms with Gasteiger partial charge in [0.15, 0.2) is 5.82 Å². The maximum Gasteiger partial charge on any atom is 0.337 e. The fourth-order valence-electron chi connectivity index (χ4n) is 2.17. The zero-order valence-electron chi connectivity index (χ0n) is 11.0. The molecule has 3 aromatic rings. The van der Waals surface area contributed by atoms with Gasteiger partial charge in [-0.1, -0.05) is 11.2 Å². The van der Waals surface area contributed by atoms with Gasteiger partial charge in [0, 0.05) is 0 Å². The molecule has 0 saturated heterocycles. The molecule has 0 saturated carbocycles. The van der Waals surface area contributed by atoms with Crippen LogP contribution >= 0.6 is 0 Å². The summed E-state index contributed by atoms with van der Waals surface area (Å²) in [6, 6.07) is 5.06. The summed E-state index contributed by atoms with van der Waals surface area (Å²) in [5.41, 5.74) is 1.39. The van der Waals surface area contributed by atoms with E-state index in [-0.39, 0.29) is 5.56 Å². The Balaban J connectivity index is 2.14. The number of carbonyl (C=O) groups is 1. The predicted molar refractivity (Wildman–Crippen MR) is 69.6 cm³/mol. The minimum absolute atomic E-state index is 0.186. The Labute approximate surface area is 113 Å². The van der Waals surface area contributed by atoms with E-state index in [1.165, 1.54) is 6.07 Å². The fraction of sp³-hybridized carbons (Fsp3) is 0.231. The van der Waals surface area contributed by atoms with E-state index < -0.39 is 5.97 Å². The largest absolute Gasteiger partial charge is 0.478 e. The molecule has 0 aliphatic rings. The molecule has 7 nitrogen and oxygen atoms in total. The number of benzene rings is 1. The van der Waals surface area contributed by atoms with Crippen molar-refractivity contribution in [1.29, 1.82) is 0 Å². The maximum atomic E-state index is 11.2. The summed E-state index contributed by atoms with van der Waals surface area (Å²) in [6.07, 6.45) is 0. The van der Waals surface area contributed by atoms with Crippen LogP contribution < -0.4 is 0 Å². The Morgan fingerprint density at radius 2 is 2.15 bits per heavy atom. The number of aryl methyl sites for hydroxylation is 2. The molecule has 0 radical (unpaired) electrons. The third kappa shape index (κ3) is 1.93. The first-order valence-corrected chi connectivity index (χ1v) is 6.04. The van der Waals surface area contributed by atoms with Crippen LogP contribution in [0.2, 0.25) is 0 Å². The minimum atomic E-state index is -0.992. The van der Waals surface area contributed by atoms with Gasteiger partial charge in [-0.25, -0.2) is 9.78 Å². The van der Waals surface area contributed by atoms with E-state index in [0.717, 1.165) is 5.52 Å². The number of aromatic carboxylic acids is 1. The van der Waals surface area contributed by atoms with Crippen molar-refractivity contribution in [3.05, 3.63) is 41.3 Å². The first-order chi connectivity index (χ1) is 9.56. The summed E-state index contributed by atoms with van der Waals surface area (Å²) in [5.74, 6) is 0.734. The number of carboxylic acids is 1. The van der Waals surface area contributed by atoms with Crippen molar-refractivity contribution < 1.29 is 14.4 Å². The van der Waals surface area contributed by atoms with Gasteiger partial charge in [0.05, 0.1) is 11.1 Å². The van der Waals surface area contributed by atoms with Gasteiger partial charge >= 0.3 is 5.97 Å². The molecule has 0 bridgehead atoms. The summed E-state index contributed by atoms with van der Waals surface area (Å²) < 4.78 is 6.95. The van der Waals surface area contributed by atoms with E-state index >= 15 is 0 Å². The molecule has 2 heterocycles. The lowest BCUT2D eigenvalue weighted by Crippen LogP contribution is -2.02. The molecular weight excluding hydrogens is 260 g/mol. The molecule has 0 spiro atoms. The molecule has 1 aromatic carbocycles. The first-order valence-electron chi connectivity index (χ1n) is 6.04. The Morgan fingerprint density at radius 1 is 1.35 bits per heavy atom. The minimum Gasteiger partial charge on any atom is -0.478 e. The van der Waals surface area contributed by atoms with Gasteiger partial charge in [0.1, 0.15) is 17.9 Å². The van der Waals surface area contributed by atoms with Crippen molar-refractivity contribution in [2.75, 3.05) is 0 Å². The highest BCUT2D eigenvalue weighted by Crippen LogP contribution is 2.21. The van der Waals surface area contributed by atoms with Crippen LogP contribution in [0.25, 0.3) is 11.0 Å². The van der Waals surface area contributed by atoms with Crippen molar-refractivity contribution in [1.82, 2.24) is 19.7 Å². The van der Waals surface area contributed by atoms with Gasteiger partial charge in [-0.3, -0.25) is 0 Å². The van der Waals surface area contributed by atoms with Gasteiger partial charge in [-0.2, -0.15) is 4.98 Å². The standard InChI is InChI=1S/C13H12N4O3/c1-7-14-11(20-16-7)6-17-8(2)15-12-9(13(18)19)4-3-5-10(12)17/h3-5H,6H2,1-2H3,(H,18,19). The number of fused-ring (bicyclic) bond motifs is 1. The number of hydrogen-bond acceptors (Lipinski definition) is 5. The van der Waals surface area contributed by atoms with E-state index in [9.17, 15) is 9.90 Å². The zero-order valence-corrected chi connectivity index (χ0v) is 11.0. The van der Waals surface area contributed by atoms with Crippen LogP contribution in [0.3, 0.4) is 0 Å². The number of imidazole rings is 1. The Hall–Kier alpha value is -2.70. The number of aromatic nitrogens is 4. The molecule has 2 aromatic heterocycles. The number of nitrogens with zero attached hydrogens (tertiary/aromatic N) is 4. The number of rotatable bonds is 3. The maximum absolute atomic E-state index is 11.2. The van der Waals surface area contributed by atoms with E-state index in [1.807, 2.05) is 17.6 Å². The number of carboxylic acid groups (broad SMARTS) is 1. The van der Waals surface area contributed by atoms with Crippen molar-refractivity contribution >= 4 is 17.0 Å². The van der Waals surface area contributed by atoms with Gasteiger partial charge in [0.2, 0.25) is 5.89 Å². The topological polar surface area (TPSA) is 94.0 Å². The second kappa shape index (κ2) is 4.44. The second-order valence-corrected chi connectivity index (χ2v) is 4.46. The summed E-state index contributed by atoms with van der Waals surface area (Å²) in [5, 5.41) is 12.9. The zero-order chi connectivity index (χ0) is 14.3. The lowest BCUT2D eigenvalue weighted by Gasteiger charge is -2.03. The van der Waals surface area contributed by atoms with Gasteiger partial charge < -0.3 is 14.2 Å². The van der Waals surface area contributed by atoms with E-state index in [0.29, 0.717) is 29.6 Å². The van der Waals surface area contributed by atoms with Crippen LogP contribution in [0.4, 0.5) is 0 Å². The van der Waals surface area contributed by atoms with E-state index in [4.69, 9.17) is 4.52 Å². The van der Waals surface area contributed by atoms with Crippen molar-refractivity contribution in [2.24, 2.45) is 0 Å². The average molecular weight is 272 g/mol. The molecule has 0 amide bonds. The SMILES string of the molecule is Cc1noc(Cn2c(C)nc3c(C(=O)O)cccc32)n1. The number of hydrogen-bond donors (Lipinski definition) is 1. The lowest BCUT2D eigenvalue weighted by molar-refractivity contribution is 0.0699. The average Bonchev–Trinajstić information content (AvgIpc) is 2.94. The third-order valence-electron chi connectivity index (χ3n) is 3.06. The molecule has 3 rings (SSSR count). The monoisotopic (exact) mass is 272 g/mol. The molecule has 0 aliphatic heterocycles. The van der Waals surface area contributed by atoms with Crippen LogP contribution in [0.1, 0.15) is 27.9 Å². The lowest BCUT2D eigenvalue weighted by atomic mass is 10.2. The normalized spacial score (nSPS) is 11.1. The Morgan fingerprint density at radius 3 is 2.80 bits per heavy atom. The van der Waals surface area contributed by atoms with E-state index in [1.54, 1.807) is 13.0 Å². The molecule has 20 heavy (non-hydrogen) atoms. The quantitative estimate of drug-likeness (QED) is 0.781. The predicted octanol–water partition coefficient (Wildman–Crippen LogP) is 1.78. The molecule has 0 atom stereocenters.